The van der Waals surface area contributed by atoms with E-state index in [0.29, 0.717) is 22.0 Å². The van der Waals surface area contributed by atoms with Crippen LogP contribution < -0.4 is 10.1 Å². The Kier molecular flexibility index (Phi) is 6.42. The highest BCUT2D eigenvalue weighted by molar-refractivity contribution is 6.31. The summed E-state index contributed by atoms with van der Waals surface area (Å²) in [5.74, 6) is -0.320. The number of halogens is 1. The molecule has 1 N–H and O–H groups in total. The number of benzene rings is 2. The summed E-state index contributed by atoms with van der Waals surface area (Å²) in [7, 11) is 1.54. The molecule has 0 fully saturated rings. The Hall–Kier alpha value is -2.53. The van der Waals surface area contributed by atoms with Crippen LogP contribution in [0.3, 0.4) is 0 Å². The van der Waals surface area contributed by atoms with Crippen molar-refractivity contribution in [2.75, 3.05) is 12.4 Å². The van der Waals surface area contributed by atoms with Crippen LogP contribution in [0.2, 0.25) is 5.02 Å². The van der Waals surface area contributed by atoms with E-state index < -0.39 is 18.0 Å². The van der Waals surface area contributed by atoms with E-state index in [-0.39, 0.29) is 6.42 Å². The Balaban J connectivity index is 1.96. The van der Waals surface area contributed by atoms with Crippen molar-refractivity contribution < 1.29 is 19.1 Å². The fourth-order valence-corrected chi connectivity index (χ4v) is 2.45. The average molecular weight is 362 g/mol. The number of methoxy groups -OCH3 is 1. The lowest BCUT2D eigenvalue weighted by molar-refractivity contribution is -0.152. The van der Waals surface area contributed by atoms with Crippen molar-refractivity contribution in [3.63, 3.8) is 0 Å². The molecule has 0 radical (unpaired) electrons. The SMILES string of the molecule is COc1ccccc1CC(=O)O[C@@H](C)C(=O)Nc1cccc(Cl)c1C. The predicted octanol–water partition coefficient (Wildman–Crippen LogP) is 3.77. The number of esters is 1. The number of anilines is 1. The second kappa shape index (κ2) is 8.53. The minimum Gasteiger partial charge on any atom is -0.496 e. The van der Waals surface area contributed by atoms with Gasteiger partial charge in [-0.25, -0.2) is 0 Å². The van der Waals surface area contributed by atoms with Gasteiger partial charge in [0.05, 0.1) is 13.5 Å². The highest BCUT2D eigenvalue weighted by Crippen LogP contribution is 2.23. The molecular formula is C19H20ClNO4. The van der Waals surface area contributed by atoms with E-state index in [0.717, 1.165) is 5.56 Å². The van der Waals surface area contributed by atoms with Gasteiger partial charge in [-0.15, -0.1) is 0 Å². The number of rotatable bonds is 6. The van der Waals surface area contributed by atoms with Crippen molar-refractivity contribution in [1.82, 2.24) is 0 Å². The molecule has 5 nitrogen and oxygen atoms in total. The molecule has 1 amide bonds. The summed E-state index contributed by atoms with van der Waals surface area (Å²) >= 11 is 6.03. The van der Waals surface area contributed by atoms with Crippen LogP contribution in [0.15, 0.2) is 42.5 Å². The first kappa shape index (κ1) is 18.8. The number of carbonyl (C=O) groups is 2. The maximum atomic E-state index is 12.2. The minimum absolute atomic E-state index is 0.0256. The third-order valence-corrected chi connectivity index (χ3v) is 4.14. The first-order chi connectivity index (χ1) is 11.9. The molecule has 0 saturated heterocycles. The van der Waals surface area contributed by atoms with Crippen molar-refractivity contribution >= 4 is 29.2 Å². The molecule has 25 heavy (non-hydrogen) atoms. The zero-order valence-electron chi connectivity index (χ0n) is 14.3. The lowest BCUT2D eigenvalue weighted by atomic mass is 10.1. The number of carbonyl (C=O) groups excluding carboxylic acids is 2. The summed E-state index contributed by atoms with van der Waals surface area (Å²) in [5, 5.41) is 3.27. The molecule has 2 rings (SSSR count). The Morgan fingerprint density at radius 2 is 1.88 bits per heavy atom. The fraction of sp³-hybridized carbons (Fsp3) is 0.263. The van der Waals surface area contributed by atoms with Crippen LogP contribution in [-0.4, -0.2) is 25.1 Å². The smallest absolute Gasteiger partial charge is 0.311 e. The van der Waals surface area contributed by atoms with Crippen molar-refractivity contribution in [1.29, 1.82) is 0 Å². The maximum absolute atomic E-state index is 12.2. The van der Waals surface area contributed by atoms with Gasteiger partial charge in [-0.2, -0.15) is 0 Å². The van der Waals surface area contributed by atoms with Crippen LogP contribution >= 0.6 is 11.6 Å². The van der Waals surface area contributed by atoms with E-state index in [2.05, 4.69) is 5.32 Å². The number of hydrogen-bond donors (Lipinski definition) is 1. The van der Waals surface area contributed by atoms with Gasteiger partial charge in [-0.05, 0) is 37.6 Å². The molecule has 0 saturated carbocycles. The van der Waals surface area contributed by atoms with Crippen molar-refractivity contribution in [3.05, 3.63) is 58.6 Å². The Morgan fingerprint density at radius 1 is 1.16 bits per heavy atom. The second-order valence-electron chi connectivity index (χ2n) is 5.52. The predicted molar refractivity (Wildman–Crippen MR) is 97.1 cm³/mol. The lowest BCUT2D eigenvalue weighted by Crippen LogP contribution is -2.30. The molecule has 6 heteroatoms. The van der Waals surface area contributed by atoms with Gasteiger partial charge in [0.25, 0.3) is 5.91 Å². The number of ether oxygens (including phenoxy) is 2. The van der Waals surface area contributed by atoms with E-state index in [1.807, 2.05) is 12.1 Å². The van der Waals surface area contributed by atoms with Crippen LogP contribution in [0.25, 0.3) is 0 Å². The lowest BCUT2D eigenvalue weighted by Gasteiger charge is -2.15. The highest BCUT2D eigenvalue weighted by atomic mass is 35.5. The number of amides is 1. The summed E-state index contributed by atoms with van der Waals surface area (Å²) in [6.07, 6.45) is -0.904. The van der Waals surface area contributed by atoms with Gasteiger partial charge in [-0.1, -0.05) is 35.9 Å². The topological polar surface area (TPSA) is 64.6 Å². The van der Waals surface area contributed by atoms with E-state index in [9.17, 15) is 9.59 Å². The molecule has 0 spiro atoms. The van der Waals surface area contributed by atoms with Crippen LogP contribution in [0.4, 0.5) is 5.69 Å². The van der Waals surface area contributed by atoms with Crippen LogP contribution in [-0.2, 0) is 20.7 Å². The van der Waals surface area contributed by atoms with Crippen LogP contribution in [0.1, 0.15) is 18.1 Å². The van der Waals surface area contributed by atoms with E-state index in [1.54, 1.807) is 37.3 Å². The highest BCUT2D eigenvalue weighted by Gasteiger charge is 2.20. The summed E-state index contributed by atoms with van der Waals surface area (Å²) in [4.78, 5) is 24.3. The molecule has 132 valence electrons. The van der Waals surface area contributed by atoms with Gasteiger partial charge in [-0.3, -0.25) is 9.59 Å². The monoisotopic (exact) mass is 361 g/mol. The largest absolute Gasteiger partial charge is 0.496 e. The Morgan fingerprint density at radius 3 is 2.60 bits per heavy atom. The number of nitrogens with one attached hydrogen (secondary N) is 1. The maximum Gasteiger partial charge on any atom is 0.311 e. The third-order valence-electron chi connectivity index (χ3n) is 3.73. The molecule has 1 atom stereocenters. The molecule has 0 aliphatic heterocycles. The Bertz CT molecular complexity index is 776. The summed E-state index contributed by atoms with van der Waals surface area (Å²) in [5.41, 5.74) is 2.04. The van der Waals surface area contributed by atoms with E-state index >= 15 is 0 Å². The molecule has 0 aromatic heterocycles. The van der Waals surface area contributed by atoms with E-state index in [4.69, 9.17) is 21.1 Å². The summed E-state index contributed by atoms with van der Waals surface area (Å²) < 4.78 is 10.4. The van der Waals surface area contributed by atoms with Gasteiger partial charge in [0.2, 0.25) is 0 Å². The molecule has 2 aromatic rings. The quantitative estimate of drug-likeness (QED) is 0.795. The molecule has 0 heterocycles. The van der Waals surface area contributed by atoms with E-state index in [1.165, 1.54) is 14.0 Å². The van der Waals surface area contributed by atoms with Crippen LogP contribution in [0, 0.1) is 6.92 Å². The third kappa shape index (κ3) is 4.97. The molecule has 0 unspecified atom stereocenters. The molecule has 0 aliphatic rings. The summed E-state index contributed by atoms with van der Waals surface area (Å²) in [6, 6.07) is 12.4. The van der Waals surface area contributed by atoms with Gasteiger partial charge in [0.15, 0.2) is 6.10 Å². The van der Waals surface area contributed by atoms with Gasteiger partial charge >= 0.3 is 5.97 Å². The minimum atomic E-state index is -0.930. The normalized spacial score (nSPS) is 11.5. The van der Waals surface area contributed by atoms with Gasteiger partial charge in [0, 0.05) is 16.3 Å². The molecular weight excluding hydrogens is 342 g/mol. The first-order valence-electron chi connectivity index (χ1n) is 7.79. The van der Waals surface area contributed by atoms with Crippen molar-refractivity contribution in [2.45, 2.75) is 26.4 Å². The van der Waals surface area contributed by atoms with Crippen molar-refractivity contribution in [3.8, 4) is 5.75 Å². The van der Waals surface area contributed by atoms with Gasteiger partial charge < -0.3 is 14.8 Å². The van der Waals surface area contributed by atoms with Gasteiger partial charge in [0.1, 0.15) is 5.75 Å². The van der Waals surface area contributed by atoms with Crippen LogP contribution in [0.5, 0.6) is 5.75 Å². The molecule has 2 aromatic carbocycles. The van der Waals surface area contributed by atoms with Crippen molar-refractivity contribution in [2.24, 2.45) is 0 Å². The number of para-hydroxylation sites is 1. The summed E-state index contributed by atoms with van der Waals surface area (Å²) in [6.45, 7) is 3.33. The molecule has 0 aliphatic carbocycles. The molecule has 0 bridgehead atoms. The zero-order valence-corrected chi connectivity index (χ0v) is 15.1. The first-order valence-corrected chi connectivity index (χ1v) is 8.17. The Labute approximate surface area is 151 Å². The number of hydrogen-bond acceptors (Lipinski definition) is 4. The fourth-order valence-electron chi connectivity index (χ4n) is 2.27. The average Bonchev–Trinajstić information content (AvgIpc) is 2.59. The standard InChI is InChI=1S/C19H20ClNO4/c1-12-15(20)8-6-9-16(12)21-19(23)13(2)25-18(22)11-14-7-4-5-10-17(14)24-3/h4-10,13H,11H2,1-3H3,(H,21,23)/t13-/m0/s1. The second-order valence-corrected chi connectivity index (χ2v) is 5.93. The zero-order chi connectivity index (χ0) is 18.4.